The SMILES string of the molecule is Cl.O=C(CC1CCCN1)N1CC2(CCCC2)c2ccccc21. The van der Waals surface area contributed by atoms with Crippen molar-refractivity contribution >= 4 is 24.0 Å². The highest BCUT2D eigenvalue weighted by atomic mass is 35.5. The largest absolute Gasteiger partial charge is 0.313 e. The van der Waals surface area contributed by atoms with Gasteiger partial charge >= 0.3 is 0 Å². The average Bonchev–Trinajstić information content (AvgIpc) is 3.22. The third-order valence-electron chi connectivity index (χ3n) is 5.67. The first-order chi connectivity index (χ1) is 10.3. The highest BCUT2D eigenvalue weighted by Gasteiger charge is 2.46. The zero-order chi connectivity index (χ0) is 14.3. The minimum Gasteiger partial charge on any atom is -0.313 e. The molecule has 1 unspecified atom stereocenters. The molecule has 1 aliphatic carbocycles. The van der Waals surface area contributed by atoms with Gasteiger partial charge in [-0.2, -0.15) is 0 Å². The summed E-state index contributed by atoms with van der Waals surface area (Å²) in [6, 6.07) is 8.99. The van der Waals surface area contributed by atoms with Crippen molar-refractivity contribution in [2.45, 2.75) is 56.4 Å². The van der Waals surface area contributed by atoms with Crippen LogP contribution in [0.3, 0.4) is 0 Å². The summed E-state index contributed by atoms with van der Waals surface area (Å²) in [6.07, 6.45) is 8.11. The van der Waals surface area contributed by atoms with Crippen LogP contribution in [0.2, 0.25) is 0 Å². The molecule has 1 amide bonds. The number of hydrogen-bond donors (Lipinski definition) is 1. The van der Waals surface area contributed by atoms with Crippen molar-refractivity contribution in [3.63, 3.8) is 0 Å². The van der Waals surface area contributed by atoms with Crippen LogP contribution in [0.4, 0.5) is 5.69 Å². The number of nitrogens with one attached hydrogen (secondary N) is 1. The molecule has 1 aromatic carbocycles. The molecule has 1 N–H and O–H groups in total. The fourth-order valence-electron chi connectivity index (χ4n) is 4.58. The van der Waals surface area contributed by atoms with Crippen LogP contribution in [0, 0.1) is 0 Å². The number of rotatable bonds is 2. The quantitative estimate of drug-likeness (QED) is 0.905. The molecule has 1 spiro atoms. The van der Waals surface area contributed by atoms with Crippen molar-refractivity contribution in [2.75, 3.05) is 18.0 Å². The molecule has 2 fully saturated rings. The molecule has 0 bridgehead atoms. The van der Waals surface area contributed by atoms with Gasteiger partial charge in [0.2, 0.25) is 5.91 Å². The van der Waals surface area contributed by atoms with Gasteiger partial charge in [-0.25, -0.2) is 0 Å². The van der Waals surface area contributed by atoms with Crippen LogP contribution in [0.15, 0.2) is 24.3 Å². The Labute approximate surface area is 138 Å². The number of benzene rings is 1. The second-order valence-corrected chi connectivity index (χ2v) is 6.98. The third-order valence-corrected chi connectivity index (χ3v) is 5.67. The molecule has 4 heteroatoms. The Morgan fingerprint density at radius 3 is 2.73 bits per heavy atom. The van der Waals surface area contributed by atoms with Crippen LogP contribution in [-0.2, 0) is 10.2 Å². The standard InChI is InChI=1S/C18H24N2O.ClH/c21-17(12-14-6-5-11-19-14)20-13-18(9-3-4-10-18)15-7-1-2-8-16(15)20;/h1-2,7-8,14,19H,3-6,9-13H2;1H. The minimum atomic E-state index is 0. The maximum Gasteiger partial charge on any atom is 0.228 e. The molecule has 1 aromatic rings. The van der Waals surface area contributed by atoms with Gasteiger partial charge < -0.3 is 10.2 Å². The molecule has 2 heterocycles. The van der Waals surface area contributed by atoms with E-state index < -0.39 is 0 Å². The van der Waals surface area contributed by atoms with Crippen molar-refractivity contribution in [1.29, 1.82) is 0 Å². The summed E-state index contributed by atoms with van der Waals surface area (Å²) in [4.78, 5) is 14.9. The van der Waals surface area contributed by atoms with E-state index in [0.717, 1.165) is 19.5 Å². The molecule has 4 rings (SSSR count). The predicted octanol–water partition coefficient (Wildman–Crippen LogP) is 3.41. The van der Waals surface area contributed by atoms with E-state index in [1.807, 2.05) is 0 Å². The molecule has 120 valence electrons. The number of fused-ring (bicyclic) bond motifs is 2. The molecule has 0 aromatic heterocycles. The van der Waals surface area contributed by atoms with E-state index in [-0.39, 0.29) is 17.8 Å². The molecule has 1 saturated carbocycles. The number of amides is 1. The minimum absolute atomic E-state index is 0. The molecule has 2 aliphatic heterocycles. The molecule has 1 atom stereocenters. The molecule has 22 heavy (non-hydrogen) atoms. The highest BCUT2D eigenvalue weighted by Crippen LogP contribution is 2.50. The molecule has 1 saturated heterocycles. The van der Waals surface area contributed by atoms with Gasteiger partial charge in [0.1, 0.15) is 0 Å². The number of hydrogen-bond acceptors (Lipinski definition) is 2. The first-order valence-corrected chi connectivity index (χ1v) is 8.42. The molecule has 3 aliphatic rings. The summed E-state index contributed by atoms with van der Waals surface area (Å²) < 4.78 is 0. The number of nitrogens with zero attached hydrogens (tertiary/aromatic N) is 1. The highest BCUT2D eigenvalue weighted by molar-refractivity contribution is 5.96. The van der Waals surface area contributed by atoms with Gasteiger partial charge in [0, 0.05) is 30.1 Å². The van der Waals surface area contributed by atoms with Crippen molar-refractivity contribution in [3.05, 3.63) is 29.8 Å². The van der Waals surface area contributed by atoms with Crippen molar-refractivity contribution in [2.24, 2.45) is 0 Å². The fourth-order valence-corrected chi connectivity index (χ4v) is 4.58. The summed E-state index contributed by atoms with van der Waals surface area (Å²) in [5.41, 5.74) is 2.87. The third kappa shape index (κ3) is 2.55. The maximum absolute atomic E-state index is 12.8. The van der Waals surface area contributed by atoms with Crippen LogP contribution in [0.5, 0.6) is 0 Å². The normalized spacial score (nSPS) is 25.3. The van der Waals surface area contributed by atoms with E-state index in [9.17, 15) is 4.79 Å². The van der Waals surface area contributed by atoms with Gasteiger partial charge in [0.05, 0.1) is 0 Å². The maximum atomic E-state index is 12.8. The van der Waals surface area contributed by atoms with Gasteiger partial charge in [-0.05, 0) is 43.9 Å². The van der Waals surface area contributed by atoms with E-state index in [2.05, 4.69) is 34.5 Å². The molecular weight excluding hydrogens is 296 g/mol. The van der Waals surface area contributed by atoms with E-state index in [0.29, 0.717) is 18.4 Å². The predicted molar refractivity (Wildman–Crippen MR) is 91.8 cm³/mol. The molecule has 3 nitrogen and oxygen atoms in total. The monoisotopic (exact) mass is 320 g/mol. The fraction of sp³-hybridized carbons (Fsp3) is 0.611. The number of para-hydroxylation sites is 1. The van der Waals surface area contributed by atoms with Crippen LogP contribution < -0.4 is 10.2 Å². The molecular formula is C18H25ClN2O. The van der Waals surface area contributed by atoms with Gasteiger partial charge in [0.15, 0.2) is 0 Å². The Morgan fingerprint density at radius 2 is 2.00 bits per heavy atom. The number of carbonyl (C=O) groups excluding carboxylic acids is 1. The Morgan fingerprint density at radius 1 is 1.23 bits per heavy atom. The zero-order valence-electron chi connectivity index (χ0n) is 13.0. The van der Waals surface area contributed by atoms with Crippen LogP contribution >= 0.6 is 12.4 Å². The summed E-state index contributed by atoms with van der Waals surface area (Å²) in [5, 5.41) is 3.45. The van der Waals surface area contributed by atoms with Crippen molar-refractivity contribution in [3.8, 4) is 0 Å². The first kappa shape index (κ1) is 15.8. The lowest BCUT2D eigenvalue weighted by atomic mass is 9.81. The first-order valence-electron chi connectivity index (χ1n) is 8.42. The second-order valence-electron chi connectivity index (χ2n) is 6.98. The lowest BCUT2D eigenvalue weighted by molar-refractivity contribution is -0.119. The van der Waals surface area contributed by atoms with E-state index in [1.54, 1.807) is 0 Å². The Hall–Kier alpha value is -1.06. The second kappa shape index (κ2) is 6.21. The lowest BCUT2D eigenvalue weighted by Gasteiger charge is -2.25. The molecule has 0 radical (unpaired) electrons. The summed E-state index contributed by atoms with van der Waals surface area (Å²) >= 11 is 0. The van der Waals surface area contributed by atoms with Gasteiger partial charge in [-0.1, -0.05) is 31.0 Å². The number of halogens is 1. The van der Waals surface area contributed by atoms with Gasteiger partial charge in [0.25, 0.3) is 0 Å². The van der Waals surface area contributed by atoms with E-state index in [1.165, 1.54) is 43.4 Å². The average molecular weight is 321 g/mol. The van der Waals surface area contributed by atoms with Crippen LogP contribution in [0.1, 0.15) is 50.5 Å². The van der Waals surface area contributed by atoms with E-state index >= 15 is 0 Å². The van der Waals surface area contributed by atoms with Gasteiger partial charge in [-0.15, -0.1) is 12.4 Å². The Bertz CT molecular complexity index is 548. The van der Waals surface area contributed by atoms with Crippen LogP contribution in [0.25, 0.3) is 0 Å². The van der Waals surface area contributed by atoms with Crippen molar-refractivity contribution in [1.82, 2.24) is 5.32 Å². The van der Waals surface area contributed by atoms with E-state index in [4.69, 9.17) is 0 Å². The summed E-state index contributed by atoms with van der Waals surface area (Å²) in [6.45, 7) is 1.98. The smallest absolute Gasteiger partial charge is 0.228 e. The van der Waals surface area contributed by atoms with Crippen molar-refractivity contribution < 1.29 is 4.79 Å². The number of carbonyl (C=O) groups is 1. The Kier molecular flexibility index (Phi) is 4.47. The van der Waals surface area contributed by atoms with Crippen LogP contribution in [-0.4, -0.2) is 25.0 Å². The topological polar surface area (TPSA) is 32.3 Å². The zero-order valence-corrected chi connectivity index (χ0v) is 13.8. The lowest BCUT2D eigenvalue weighted by Crippen LogP contribution is -2.38. The summed E-state index contributed by atoms with van der Waals surface area (Å²) in [7, 11) is 0. The van der Waals surface area contributed by atoms with Gasteiger partial charge in [-0.3, -0.25) is 4.79 Å². The Balaban J connectivity index is 0.00000144. The summed E-state index contributed by atoms with van der Waals surface area (Å²) in [5.74, 6) is 0.311. The number of anilines is 1.